The van der Waals surface area contributed by atoms with Crippen molar-refractivity contribution in [2.75, 3.05) is 6.61 Å². The van der Waals surface area contributed by atoms with Crippen LogP contribution in [0.3, 0.4) is 0 Å². The fourth-order valence-electron chi connectivity index (χ4n) is 1.04. The topological polar surface area (TPSA) is 56.3 Å². The molecule has 82 valence electrons. The van der Waals surface area contributed by atoms with Crippen LogP contribution in [-0.2, 0) is 9.53 Å². The number of hydrogen-bond donors (Lipinski definition) is 0. The molecule has 0 fully saturated rings. The number of ether oxygens (including phenoxy) is 1. The highest BCUT2D eigenvalue weighted by molar-refractivity contribution is 5.79. The molecule has 0 N–H and O–H groups in total. The van der Waals surface area contributed by atoms with Gasteiger partial charge in [0.05, 0.1) is 12.2 Å². The Hall–Kier alpha value is -2.15. The van der Waals surface area contributed by atoms with E-state index < -0.39 is 0 Å². The Balaban J connectivity index is 2.69. The van der Waals surface area contributed by atoms with Gasteiger partial charge in [0.15, 0.2) is 6.29 Å². The first-order valence-electron chi connectivity index (χ1n) is 4.81. The maximum absolute atomic E-state index is 11.0. The van der Waals surface area contributed by atoms with Gasteiger partial charge in [-0.3, -0.25) is 14.6 Å². The number of pyridine rings is 1. The molecule has 0 unspecified atom stereocenters. The molecular weight excluding hydrogens is 206 g/mol. The molecule has 4 nitrogen and oxygen atoms in total. The third kappa shape index (κ3) is 3.54. The highest BCUT2D eigenvalue weighted by Gasteiger charge is 1.98. The monoisotopic (exact) mass is 217 g/mol. The smallest absolute Gasteiger partial charge is 0.317 e. The van der Waals surface area contributed by atoms with Crippen LogP contribution in [0.5, 0.6) is 0 Å². The zero-order valence-electron chi connectivity index (χ0n) is 8.90. The van der Waals surface area contributed by atoms with Crippen molar-refractivity contribution in [2.24, 2.45) is 0 Å². The maximum atomic E-state index is 11.0. The fourth-order valence-corrected chi connectivity index (χ4v) is 1.04. The fraction of sp³-hybridized carbons (Fsp3) is 0.250. The summed E-state index contributed by atoms with van der Waals surface area (Å²) in [6.45, 7) is 2.07. The average Bonchev–Trinajstić information content (AvgIpc) is 2.30. The lowest BCUT2D eigenvalue weighted by atomic mass is 10.1. The number of carbonyl (C=O) groups is 2. The minimum atomic E-state index is -0.369. The molecule has 0 saturated heterocycles. The summed E-state index contributed by atoms with van der Waals surface area (Å²) in [7, 11) is 0. The predicted octanol–water partition coefficient (Wildman–Crippen LogP) is 1.20. The van der Waals surface area contributed by atoms with E-state index >= 15 is 0 Å². The van der Waals surface area contributed by atoms with Crippen molar-refractivity contribution < 1.29 is 14.3 Å². The molecule has 0 radical (unpaired) electrons. The Bertz CT molecular complexity index is 443. The Labute approximate surface area is 93.6 Å². The number of nitrogens with zero attached hydrogens (tertiary/aromatic N) is 1. The van der Waals surface area contributed by atoms with Crippen molar-refractivity contribution >= 4 is 12.3 Å². The largest absolute Gasteiger partial charge is 0.465 e. The van der Waals surface area contributed by atoms with Crippen LogP contribution in [0.4, 0.5) is 0 Å². The van der Waals surface area contributed by atoms with Gasteiger partial charge in [0.25, 0.3) is 0 Å². The van der Waals surface area contributed by atoms with E-state index in [9.17, 15) is 9.59 Å². The second-order valence-electron chi connectivity index (χ2n) is 2.86. The van der Waals surface area contributed by atoms with Crippen LogP contribution in [-0.4, -0.2) is 23.8 Å². The Morgan fingerprint density at radius 1 is 1.62 bits per heavy atom. The lowest BCUT2D eigenvalue weighted by Crippen LogP contribution is -2.01. The third-order valence-corrected chi connectivity index (χ3v) is 1.74. The number of aldehydes is 1. The summed E-state index contributed by atoms with van der Waals surface area (Å²) in [6, 6.07) is 1.57. The molecule has 0 bridgehead atoms. The molecule has 1 aromatic heterocycles. The molecule has 0 atom stereocenters. The van der Waals surface area contributed by atoms with Crippen molar-refractivity contribution in [3.63, 3.8) is 0 Å². The SMILES string of the molecule is CCOC(=O)CC#Cc1cnccc1C=O. The van der Waals surface area contributed by atoms with E-state index in [4.69, 9.17) is 4.74 Å². The zero-order valence-corrected chi connectivity index (χ0v) is 8.90. The van der Waals surface area contributed by atoms with Crippen LogP contribution in [0.15, 0.2) is 18.5 Å². The molecule has 1 heterocycles. The number of carbonyl (C=O) groups excluding carboxylic acids is 2. The summed E-state index contributed by atoms with van der Waals surface area (Å²) in [6.07, 6.45) is 3.72. The molecule has 1 aromatic rings. The van der Waals surface area contributed by atoms with Gasteiger partial charge in [-0.2, -0.15) is 0 Å². The van der Waals surface area contributed by atoms with Gasteiger partial charge in [-0.05, 0) is 13.0 Å². The summed E-state index contributed by atoms with van der Waals surface area (Å²) < 4.78 is 4.71. The van der Waals surface area contributed by atoms with Gasteiger partial charge in [0, 0.05) is 18.0 Å². The van der Waals surface area contributed by atoms with Crippen molar-refractivity contribution in [1.82, 2.24) is 4.98 Å². The summed E-state index contributed by atoms with van der Waals surface area (Å²) in [4.78, 5) is 25.5. The van der Waals surface area contributed by atoms with Crippen LogP contribution in [0, 0.1) is 11.8 Å². The van der Waals surface area contributed by atoms with Crippen molar-refractivity contribution in [3.8, 4) is 11.8 Å². The van der Waals surface area contributed by atoms with Gasteiger partial charge >= 0.3 is 5.97 Å². The molecule has 0 aromatic carbocycles. The maximum Gasteiger partial charge on any atom is 0.317 e. The standard InChI is InChI=1S/C12H11NO3/c1-2-16-12(15)5-3-4-10-8-13-7-6-11(10)9-14/h6-9H,2,5H2,1H3. The second-order valence-corrected chi connectivity index (χ2v) is 2.86. The second kappa shape index (κ2) is 6.36. The highest BCUT2D eigenvalue weighted by Crippen LogP contribution is 2.01. The number of aromatic nitrogens is 1. The minimum absolute atomic E-state index is 0.0149. The van der Waals surface area contributed by atoms with Crippen LogP contribution in [0.2, 0.25) is 0 Å². The van der Waals surface area contributed by atoms with Crippen LogP contribution in [0.25, 0.3) is 0 Å². The van der Waals surface area contributed by atoms with Gasteiger partial charge in [-0.25, -0.2) is 0 Å². The van der Waals surface area contributed by atoms with E-state index in [1.807, 2.05) is 0 Å². The van der Waals surface area contributed by atoms with Gasteiger partial charge in [0.2, 0.25) is 0 Å². The molecule has 0 amide bonds. The lowest BCUT2D eigenvalue weighted by molar-refractivity contribution is -0.141. The zero-order chi connectivity index (χ0) is 11.8. The first-order valence-corrected chi connectivity index (χ1v) is 4.81. The van der Waals surface area contributed by atoms with Crippen molar-refractivity contribution in [1.29, 1.82) is 0 Å². The summed E-state index contributed by atoms with van der Waals surface area (Å²) in [5.41, 5.74) is 0.980. The first kappa shape index (κ1) is 11.9. The molecule has 0 saturated carbocycles. The average molecular weight is 217 g/mol. The molecule has 0 aliphatic heterocycles. The van der Waals surface area contributed by atoms with Crippen LogP contribution < -0.4 is 0 Å². The normalized spacial score (nSPS) is 8.81. The van der Waals surface area contributed by atoms with Gasteiger partial charge in [0.1, 0.15) is 6.42 Å². The molecule has 16 heavy (non-hydrogen) atoms. The van der Waals surface area contributed by atoms with Gasteiger partial charge < -0.3 is 4.74 Å². The number of rotatable bonds is 3. The van der Waals surface area contributed by atoms with E-state index in [0.29, 0.717) is 24.0 Å². The Morgan fingerprint density at radius 3 is 3.12 bits per heavy atom. The third-order valence-electron chi connectivity index (χ3n) is 1.74. The molecule has 0 spiro atoms. The lowest BCUT2D eigenvalue weighted by Gasteiger charge is -1.95. The van der Waals surface area contributed by atoms with Crippen LogP contribution in [0.1, 0.15) is 29.3 Å². The van der Waals surface area contributed by atoms with Gasteiger partial charge in [-0.15, -0.1) is 0 Å². The Morgan fingerprint density at radius 2 is 2.44 bits per heavy atom. The molecule has 4 heteroatoms. The number of hydrogen-bond acceptors (Lipinski definition) is 4. The highest BCUT2D eigenvalue weighted by atomic mass is 16.5. The Kier molecular flexibility index (Phi) is 4.74. The summed E-state index contributed by atoms with van der Waals surface area (Å²) >= 11 is 0. The van der Waals surface area contributed by atoms with E-state index in [2.05, 4.69) is 16.8 Å². The van der Waals surface area contributed by atoms with E-state index in [0.717, 1.165) is 0 Å². The molecule has 0 aliphatic carbocycles. The van der Waals surface area contributed by atoms with Crippen LogP contribution >= 0.6 is 0 Å². The quantitative estimate of drug-likeness (QED) is 0.433. The van der Waals surface area contributed by atoms with E-state index in [-0.39, 0.29) is 12.4 Å². The van der Waals surface area contributed by atoms with Crippen molar-refractivity contribution in [2.45, 2.75) is 13.3 Å². The molecular formula is C12H11NO3. The van der Waals surface area contributed by atoms with E-state index in [1.54, 1.807) is 13.0 Å². The minimum Gasteiger partial charge on any atom is -0.465 e. The van der Waals surface area contributed by atoms with Gasteiger partial charge in [-0.1, -0.05) is 11.8 Å². The van der Waals surface area contributed by atoms with Crippen molar-refractivity contribution in [3.05, 3.63) is 29.6 Å². The molecule has 0 aliphatic rings. The summed E-state index contributed by atoms with van der Waals surface area (Å²) in [5.74, 6) is 4.98. The molecule has 1 rings (SSSR count). The first-order chi connectivity index (χ1) is 7.77. The summed E-state index contributed by atoms with van der Waals surface area (Å²) in [5, 5.41) is 0. The predicted molar refractivity (Wildman–Crippen MR) is 57.8 cm³/mol. The van der Waals surface area contributed by atoms with E-state index in [1.165, 1.54) is 12.4 Å². The number of esters is 1.